The zero-order chi connectivity index (χ0) is 16.9. The second-order valence-corrected chi connectivity index (χ2v) is 6.39. The van der Waals surface area contributed by atoms with Crippen LogP contribution < -0.4 is 5.32 Å². The number of benzene rings is 2. The van der Waals surface area contributed by atoms with Crippen LogP contribution in [0.1, 0.15) is 17.5 Å². The van der Waals surface area contributed by atoms with Gasteiger partial charge in [0.05, 0.1) is 13.2 Å². The molecule has 0 saturated carbocycles. The summed E-state index contributed by atoms with van der Waals surface area (Å²) in [6.07, 6.45) is 4.40. The van der Waals surface area contributed by atoms with Crippen LogP contribution in [0.15, 0.2) is 61.2 Å². The van der Waals surface area contributed by atoms with E-state index >= 15 is 0 Å². The topological polar surface area (TPSA) is 52.0 Å². The Bertz CT molecular complexity index is 793. The van der Waals surface area contributed by atoms with Crippen molar-refractivity contribution in [3.63, 3.8) is 0 Å². The highest BCUT2D eigenvalue weighted by atomic mass is 16.5. The first kappa shape index (κ1) is 16.0. The molecule has 1 N–H and O–H groups in total. The van der Waals surface area contributed by atoms with Crippen LogP contribution in [0.4, 0.5) is 0 Å². The van der Waals surface area contributed by atoms with Gasteiger partial charge in [0.2, 0.25) is 0 Å². The molecule has 5 nitrogen and oxygen atoms in total. The van der Waals surface area contributed by atoms with E-state index in [0.717, 1.165) is 32.7 Å². The fourth-order valence-corrected chi connectivity index (χ4v) is 3.20. The van der Waals surface area contributed by atoms with Gasteiger partial charge in [-0.25, -0.2) is 9.67 Å². The van der Waals surface area contributed by atoms with Gasteiger partial charge in [-0.1, -0.05) is 48.5 Å². The fraction of sp³-hybridized carbons (Fsp3) is 0.300. The van der Waals surface area contributed by atoms with Gasteiger partial charge in [-0.2, -0.15) is 5.10 Å². The summed E-state index contributed by atoms with van der Waals surface area (Å²) in [4.78, 5) is 3.98. The molecule has 128 valence electrons. The number of ether oxygens (including phenoxy) is 1. The van der Waals surface area contributed by atoms with Gasteiger partial charge >= 0.3 is 0 Å². The Morgan fingerprint density at radius 1 is 1.12 bits per heavy atom. The number of rotatable bonds is 6. The maximum Gasteiger partial charge on any atom is 0.137 e. The van der Waals surface area contributed by atoms with E-state index in [1.54, 1.807) is 12.7 Å². The molecule has 1 saturated heterocycles. The summed E-state index contributed by atoms with van der Waals surface area (Å²) in [6.45, 7) is 3.29. The first-order valence-corrected chi connectivity index (χ1v) is 8.69. The Hall–Kier alpha value is -2.50. The molecule has 0 radical (unpaired) electrons. The van der Waals surface area contributed by atoms with Gasteiger partial charge in [-0.3, -0.25) is 0 Å². The maximum atomic E-state index is 5.44. The van der Waals surface area contributed by atoms with Crippen molar-refractivity contribution in [1.82, 2.24) is 20.1 Å². The van der Waals surface area contributed by atoms with Gasteiger partial charge in [-0.15, -0.1) is 0 Å². The minimum atomic E-state index is 0.470. The highest BCUT2D eigenvalue weighted by Crippen LogP contribution is 2.24. The summed E-state index contributed by atoms with van der Waals surface area (Å²) < 4.78 is 7.27. The third kappa shape index (κ3) is 3.95. The van der Waals surface area contributed by atoms with Crippen LogP contribution in [0.3, 0.4) is 0 Å². The van der Waals surface area contributed by atoms with E-state index < -0.39 is 0 Å². The quantitative estimate of drug-likeness (QED) is 0.753. The molecule has 0 spiro atoms. The zero-order valence-corrected chi connectivity index (χ0v) is 14.1. The number of hydrogen-bond donors (Lipinski definition) is 1. The Labute approximate surface area is 147 Å². The third-order valence-corrected chi connectivity index (χ3v) is 4.60. The van der Waals surface area contributed by atoms with Gasteiger partial charge in [-0.05, 0) is 28.7 Å². The molecule has 0 bridgehead atoms. The fourth-order valence-electron chi connectivity index (χ4n) is 3.20. The largest absolute Gasteiger partial charge is 0.380 e. The first-order chi connectivity index (χ1) is 12.4. The molecule has 1 fully saturated rings. The van der Waals surface area contributed by atoms with Crippen LogP contribution >= 0.6 is 0 Å². The van der Waals surface area contributed by atoms with Crippen molar-refractivity contribution in [3.05, 3.63) is 72.3 Å². The standard InChI is InChI=1S/C20H22N4O/c1-2-4-20(18(3-1)11-22-19-9-10-25-13-19)17-7-5-16(6-8-17)12-24-15-21-14-23-24/h1-8,14-15,19,22H,9-13H2. The Morgan fingerprint density at radius 2 is 2.00 bits per heavy atom. The predicted octanol–water partition coefficient (Wildman–Crippen LogP) is 2.87. The molecule has 2 aromatic carbocycles. The lowest BCUT2D eigenvalue weighted by atomic mass is 9.98. The molecule has 25 heavy (non-hydrogen) atoms. The van der Waals surface area contributed by atoms with Crippen molar-refractivity contribution in [2.24, 2.45) is 0 Å². The molecule has 1 aromatic heterocycles. The molecular formula is C20H22N4O. The molecule has 1 unspecified atom stereocenters. The van der Waals surface area contributed by atoms with E-state index in [9.17, 15) is 0 Å². The Morgan fingerprint density at radius 3 is 2.76 bits per heavy atom. The number of nitrogens with zero attached hydrogens (tertiary/aromatic N) is 3. The van der Waals surface area contributed by atoms with Crippen LogP contribution in [0.2, 0.25) is 0 Å². The average molecular weight is 334 g/mol. The van der Waals surface area contributed by atoms with Crippen molar-refractivity contribution in [1.29, 1.82) is 0 Å². The van der Waals surface area contributed by atoms with Crippen molar-refractivity contribution < 1.29 is 4.74 Å². The first-order valence-electron chi connectivity index (χ1n) is 8.69. The SMILES string of the molecule is c1ccc(-c2ccc(Cn3cncn3)cc2)c(CNC2CCOC2)c1. The molecule has 0 amide bonds. The molecule has 4 rings (SSSR count). The van der Waals surface area contributed by atoms with Crippen LogP contribution in [-0.2, 0) is 17.8 Å². The minimum absolute atomic E-state index is 0.470. The van der Waals surface area contributed by atoms with E-state index in [2.05, 4.69) is 63.9 Å². The van der Waals surface area contributed by atoms with Gasteiger partial charge in [0.15, 0.2) is 0 Å². The lowest BCUT2D eigenvalue weighted by Crippen LogP contribution is -2.28. The molecule has 1 aliphatic heterocycles. The second-order valence-electron chi connectivity index (χ2n) is 6.39. The van der Waals surface area contributed by atoms with E-state index in [-0.39, 0.29) is 0 Å². The molecule has 5 heteroatoms. The monoisotopic (exact) mass is 334 g/mol. The lowest BCUT2D eigenvalue weighted by molar-refractivity contribution is 0.190. The lowest BCUT2D eigenvalue weighted by Gasteiger charge is -2.14. The average Bonchev–Trinajstić information content (AvgIpc) is 3.35. The summed E-state index contributed by atoms with van der Waals surface area (Å²) >= 11 is 0. The maximum absolute atomic E-state index is 5.44. The third-order valence-electron chi connectivity index (χ3n) is 4.60. The van der Waals surface area contributed by atoms with Gasteiger partial charge < -0.3 is 10.1 Å². The molecule has 0 aliphatic carbocycles. The van der Waals surface area contributed by atoms with Crippen LogP contribution in [0.5, 0.6) is 0 Å². The van der Waals surface area contributed by atoms with Gasteiger partial charge in [0, 0.05) is 19.2 Å². The Balaban J connectivity index is 1.48. The van der Waals surface area contributed by atoms with E-state index in [1.165, 1.54) is 22.3 Å². The van der Waals surface area contributed by atoms with Crippen LogP contribution in [-0.4, -0.2) is 34.0 Å². The molecule has 1 atom stereocenters. The predicted molar refractivity (Wildman–Crippen MR) is 97.1 cm³/mol. The summed E-state index contributed by atoms with van der Waals surface area (Å²) in [6, 6.07) is 17.7. The minimum Gasteiger partial charge on any atom is -0.380 e. The Kier molecular flexibility index (Phi) is 4.86. The highest BCUT2D eigenvalue weighted by molar-refractivity contribution is 5.67. The molecule has 3 aromatic rings. The van der Waals surface area contributed by atoms with Crippen molar-refractivity contribution in [3.8, 4) is 11.1 Å². The second kappa shape index (κ2) is 7.59. The zero-order valence-electron chi connectivity index (χ0n) is 14.1. The molecular weight excluding hydrogens is 312 g/mol. The number of aromatic nitrogens is 3. The van der Waals surface area contributed by atoms with Crippen LogP contribution in [0.25, 0.3) is 11.1 Å². The smallest absolute Gasteiger partial charge is 0.137 e. The van der Waals surface area contributed by atoms with E-state index in [1.807, 2.05) is 4.68 Å². The van der Waals surface area contributed by atoms with E-state index in [4.69, 9.17) is 4.74 Å². The summed E-state index contributed by atoms with van der Waals surface area (Å²) in [5, 5.41) is 7.76. The normalized spacial score (nSPS) is 17.0. The summed E-state index contributed by atoms with van der Waals surface area (Å²) in [5.74, 6) is 0. The highest BCUT2D eigenvalue weighted by Gasteiger charge is 2.15. The number of nitrogens with one attached hydrogen (secondary N) is 1. The van der Waals surface area contributed by atoms with Crippen molar-refractivity contribution in [2.75, 3.05) is 13.2 Å². The van der Waals surface area contributed by atoms with Crippen LogP contribution in [0, 0.1) is 0 Å². The molecule has 2 heterocycles. The van der Waals surface area contributed by atoms with Crippen molar-refractivity contribution >= 4 is 0 Å². The number of hydrogen-bond acceptors (Lipinski definition) is 4. The summed E-state index contributed by atoms with van der Waals surface area (Å²) in [5.41, 5.74) is 5.05. The van der Waals surface area contributed by atoms with Crippen molar-refractivity contribution in [2.45, 2.75) is 25.6 Å². The molecule has 1 aliphatic rings. The summed E-state index contributed by atoms with van der Waals surface area (Å²) in [7, 11) is 0. The van der Waals surface area contributed by atoms with Gasteiger partial charge in [0.1, 0.15) is 12.7 Å². The van der Waals surface area contributed by atoms with E-state index in [0.29, 0.717) is 6.04 Å². The van der Waals surface area contributed by atoms with Gasteiger partial charge in [0.25, 0.3) is 0 Å².